The Morgan fingerprint density at radius 2 is 1.12 bits per heavy atom. The highest BCUT2D eigenvalue weighted by molar-refractivity contribution is 5.98. The lowest BCUT2D eigenvalue weighted by Gasteiger charge is -2.07. The number of rotatable bonds is 8. The highest BCUT2D eigenvalue weighted by atomic mass is 16.3. The first-order chi connectivity index (χ1) is 11.9. The van der Waals surface area contributed by atoms with Gasteiger partial charge in [0.25, 0.3) is 0 Å². The first kappa shape index (κ1) is 18.7. The van der Waals surface area contributed by atoms with Crippen LogP contribution in [0.25, 0.3) is 0 Å². The molecule has 0 bridgehead atoms. The number of phenols is 2. The number of aromatic hydroxyl groups is 2. The van der Waals surface area contributed by atoms with E-state index in [2.05, 4.69) is 0 Å². The average molecular weight is 340 g/mol. The summed E-state index contributed by atoms with van der Waals surface area (Å²) in [7, 11) is 0. The van der Waals surface area contributed by atoms with Gasteiger partial charge in [0.15, 0.2) is 11.6 Å². The second kappa shape index (κ2) is 8.47. The van der Waals surface area contributed by atoms with Gasteiger partial charge in [-0.2, -0.15) is 0 Å². The molecule has 0 aromatic heterocycles. The van der Waals surface area contributed by atoms with Gasteiger partial charge in [-0.1, -0.05) is 6.42 Å². The molecule has 0 aliphatic heterocycles. The second-order valence-corrected chi connectivity index (χ2v) is 6.41. The van der Waals surface area contributed by atoms with Crippen LogP contribution in [-0.4, -0.2) is 21.8 Å². The summed E-state index contributed by atoms with van der Waals surface area (Å²) in [4.78, 5) is 24.4. The molecule has 2 aromatic carbocycles. The first-order valence-corrected chi connectivity index (χ1v) is 8.54. The summed E-state index contributed by atoms with van der Waals surface area (Å²) >= 11 is 0. The van der Waals surface area contributed by atoms with Crippen molar-refractivity contribution in [3.8, 4) is 11.5 Å². The lowest BCUT2D eigenvalue weighted by atomic mass is 9.98. The first-order valence-electron chi connectivity index (χ1n) is 8.54. The summed E-state index contributed by atoms with van der Waals surface area (Å²) in [6.07, 6.45) is 3.17. The predicted molar refractivity (Wildman–Crippen MR) is 97.4 cm³/mol. The molecule has 0 saturated heterocycles. The Kier molecular flexibility index (Phi) is 6.34. The zero-order chi connectivity index (χ0) is 18.4. The second-order valence-electron chi connectivity index (χ2n) is 6.41. The van der Waals surface area contributed by atoms with Gasteiger partial charge in [-0.3, -0.25) is 9.59 Å². The smallest absolute Gasteiger partial charge is 0.163 e. The number of benzene rings is 2. The highest BCUT2D eigenvalue weighted by Crippen LogP contribution is 2.20. The number of carbonyl (C=O) groups is 2. The third kappa shape index (κ3) is 5.18. The van der Waals surface area contributed by atoms with Crippen LogP contribution in [0.2, 0.25) is 0 Å². The number of carbonyl (C=O) groups excluding carboxylic acids is 2. The van der Waals surface area contributed by atoms with E-state index in [1.165, 1.54) is 12.1 Å². The molecule has 0 unspecified atom stereocenters. The van der Waals surface area contributed by atoms with E-state index >= 15 is 0 Å². The van der Waals surface area contributed by atoms with E-state index in [0.29, 0.717) is 24.0 Å². The predicted octanol–water partition coefficient (Wildman–Crippen LogP) is 4.73. The Balaban J connectivity index is 1.76. The lowest BCUT2D eigenvalue weighted by Crippen LogP contribution is -2.03. The molecule has 0 radical (unpaired) electrons. The Morgan fingerprint density at radius 1 is 0.720 bits per heavy atom. The van der Waals surface area contributed by atoms with E-state index in [0.717, 1.165) is 30.4 Å². The van der Waals surface area contributed by atoms with Crippen LogP contribution in [0.5, 0.6) is 11.5 Å². The van der Waals surface area contributed by atoms with Crippen LogP contribution < -0.4 is 0 Å². The van der Waals surface area contributed by atoms with E-state index in [4.69, 9.17) is 0 Å². The van der Waals surface area contributed by atoms with Crippen molar-refractivity contribution in [1.29, 1.82) is 0 Å². The van der Waals surface area contributed by atoms with Crippen LogP contribution in [0.15, 0.2) is 36.4 Å². The van der Waals surface area contributed by atoms with Crippen LogP contribution in [0.1, 0.15) is 63.9 Å². The van der Waals surface area contributed by atoms with Gasteiger partial charge in [-0.25, -0.2) is 0 Å². The zero-order valence-corrected chi connectivity index (χ0v) is 14.7. The van der Waals surface area contributed by atoms with Gasteiger partial charge < -0.3 is 10.2 Å². The van der Waals surface area contributed by atoms with E-state index < -0.39 is 0 Å². The minimum atomic E-state index is 0.0678. The molecule has 0 atom stereocenters. The minimum Gasteiger partial charge on any atom is -0.508 e. The van der Waals surface area contributed by atoms with Crippen molar-refractivity contribution in [2.45, 2.75) is 46.0 Å². The summed E-state index contributed by atoms with van der Waals surface area (Å²) in [6, 6.07) is 9.55. The largest absolute Gasteiger partial charge is 0.508 e. The maximum atomic E-state index is 12.2. The van der Waals surface area contributed by atoms with Gasteiger partial charge >= 0.3 is 0 Å². The SMILES string of the molecule is Cc1cc(O)ccc1C(=O)CCCCCC(=O)c1ccc(O)cc1C. The molecule has 2 aromatic rings. The fraction of sp³-hybridized carbons (Fsp3) is 0.333. The third-order valence-corrected chi connectivity index (χ3v) is 4.33. The van der Waals surface area contributed by atoms with Gasteiger partial charge in [0.1, 0.15) is 11.5 Å². The normalized spacial score (nSPS) is 10.6. The van der Waals surface area contributed by atoms with E-state index in [-0.39, 0.29) is 23.1 Å². The summed E-state index contributed by atoms with van der Waals surface area (Å²) < 4.78 is 0. The molecule has 4 heteroatoms. The molecular formula is C21H24O4. The molecule has 0 aliphatic carbocycles. The molecule has 4 nitrogen and oxygen atoms in total. The van der Waals surface area contributed by atoms with Crippen molar-refractivity contribution in [1.82, 2.24) is 0 Å². The molecule has 25 heavy (non-hydrogen) atoms. The molecular weight excluding hydrogens is 316 g/mol. The van der Waals surface area contributed by atoms with Gasteiger partial charge in [0.2, 0.25) is 0 Å². The molecule has 132 valence electrons. The Labute approximate surface area is 148 Å². The van der Waals surface area contributed by atoms with Crippen molar-refractivity contribution >= 4 is 11.6 Å². The standard InChI is InChI=1S/C21H24O4/c1-14-12-16(22)8-10-18(14)20(24)6-4-3-5-7-21(25)19-11-9-17(23)13-15(19)2/h8-13,22-23H,3-7H2,1-2H3. The van der Waals surface area contributed by atoms with Crippen molar-refractivity contribution < 1.29 is 19.8 Å². The number of hydrogen-bond donors (Lipinski definition) is 2. The average Bonchev–Trinajstić information content (AvgIpc) is 2.54. The Bertz CT molecular complexity index is 712. The molecule has 2 N–H and O–H groups in total. The molecule has 0 amide bonds. The monoisotopic (exact) mass is 340 g/mol. The van der Waals surface area contributed by atoms with Gasteiger partial charge in [-0.05, 0) is 74.2 Å². The molecule has 0 fully saturated rings. The van der Waals surface area contributed by atoms with Crippen LogP contribution in [0.4, 0.5) is 0 Å². The van der Waals surface area contributed by atoms with Crippen LogP contribution in [0.3, 0.4) is 0 Å². The fourth-order valence-corrected chi connectivity index (χ4v) is 2.94. The summed E-state index contributed by atoms with van der Waals surface area (Å²) in [6.45, 7) is 3.62. The summed E-state index contributed by atoms with van der Waals surface area (Å²) in [5, 5.41) is 18.8. The van der Waals surface area contributed by atoms with Gasteiger partial charge in [0, 0.05) is 24.0 Å². The summed E-state index contributed by atoms with van der Waals surface area (Å²) in [5.41, 5.74) is 2.85. The maximum Gasteiger partial charge on any atom is 0.163 e. The quantitative estimate of drug-likeness (QED) is 0.538. The molecule has 0 saturated carbocycles. The van der Waals surface area contributed by atoms with Crippen molar-refractivity contribution in [2.24, 2.45) is 0 Å². The minimum absolute atomic E-state index is 0.0678. The Morgan fingerprint density at radius 3 is 1.48 bits per heavy atom. The Hall–Kier alpha value is -2.62. The number of aryl methyl sites for hydroxylation is 2. The zero-order valence-electron chi connectivity index (χ0n) is 14.7. The lowest BCUT2D eigenvalue weighted by molar-refractivity contribution is 0.0978. The number of phenolic OH excluding ortho intramolecular Hbond substituents is 2. The number of Topliss-reactive ketones (excluding diaryl/α,β-unsaturated/α-hetero) is 2. The molecule has 0 aliphatic rings. The van der Waals surface area contributed by atoms with Gasteiger partial charge in [0.05, 0.1) is 0 Å². The third-order valence-electron chi connectivity index (χ3n) is 4.33. The molecule has 0 heterocycles. The van der Waals surface area contributed by atoms with Crippen LogP contribution in [-0.2, 0) is 0 Å². The van der Waals surface area contributed by atoms with Gasteiger partial charge in [-0.15, -0.1) is 0 Å². The highest BCUT2D eigenvalue weighted by Gasteiger charge is 2.11. The van der Waals surface area contributed by atoms with Crippen molar-refractivity contribution in [2.75, 3.05) is 0 Å². The topological polar surface area (TPSA) is 74.6 Å². The van der Waals surface area contributed by atoms with Crippen molar-refractivity contribution in [3.05, 3.63) is 58.7 Å². The number of hydrogen-bond acceptors (Lipinski definition) is 4. The van der Waals surface area contributed by atoms with Crippen LogP contribution >= 0.6 is 0 Å². The van der Waals surface area contributed by atoms with E-state index in [1.807, 2.05) is 13.8 Å². The maximum absolute atomic E-state index is 12.2. The van der Waals surface area contributed by atoms with E-state index in [9.17, 15) is 19.8 Å². The molecule has 0 spiro atoms. The number of ketones is 2. The fourth-order valence-electron chi connectivity index (χ4n) is 2.94. The van der Waals surface area contributed by atoms with Crippen LogP contribution in [0, 0.1) is 13.8 Å². The molecule has 2 rings (SSSR count). The summed E-state index contributed by atoms with van der Waals surface area (Å²) in [5.74, 6) is 0.464. The van der Waals surface area contributed by atoms with Crippen molar-refractivity contribution in [3.63, 3.8) is 0 Å². The number of unbranched alkanes of at least 4 members (excludes halogenated alkanes) is 2. The van der Waals surface area contributed by atoms with E-state index in [1.54, 1.807) is 24.3 Å².